The number of piperidine rings is 1. The van der Waals surface area contributed by atoms with Gasteiger partial charge in [0, 0.05) is 51.7 Å². The molecule has 0 saturated carbocycles. The van der Waals surface area contributed by atoms with Gasteiger partial charge in [0.1, 0.15) is 6.07 Å². The van der Waals surface area contributed by atoms with Gasteiger partial charge in [-0.15, -0.1) is 0 Å². The number of aromatic nitrogens is 2. The number of halogens is 3. The molecule has 1 atom stereocenters. The van der Waals surface area contributed by atoms with Crippen LogP contribution < -0.4 is 10.2 Å². The van der Waals surface area contributed by atoms with E-state index in [0.29, 0.717) is 51.1 Å². The molecular formula is C31H33F3N6O3. The average Bonchev–Trinajstić information content (AvgIpc) is 3.65. The van der Waals surface area contributed by atoms with Crippen LogP contribution in [0.3, 0.4) is 0 Å². The third kappa shape index (κ3) is 6.02. The Bertz CT molecular complexity index is 1520. The summed E-state index contributed by atoms with van der Waals surface area (Å²) in [5, 5.41) is 12.8. The number of nitriles is 1. The molecule has 1 aromatic carbocycles. The number of benzene rings is 1. The average molecular weight is 595 g/mol. The lowest BCUT2D eigenvalue weighted by atomic mass is 9.72. The van der Waals surface area contributed by atoms with Gasteiger partial charge >= 0.3 is 12.3 Å². The van der Waals surface area contributed by atoms with Crippen LogP contribution in [0.4, 0.5) is 23.7 Å². The van der Waals surface area contributed by atoms with E-state index in [2.05, 4.69) is 10.3 Å². The van der Waals surface area contributed by atoms with E-state index in [1.807, 2.05) is 53.0 Å². The van der Waals surface area contributed by atoms with Crippen LogP contribution >= 0.6 is 0 Å². The van der Waals surface area contributed by atoms with E-state index in [0.717, 1.165) is 29.1 Å². The molecule has 2 saturated heterocycles. The number of ether oxygens (including phenoxy) is 1. The summed E-state index contributed by atoms with van der Waals surface area (Å²) in [6.45, 7) is 3.50. The summed E-state index contributed by atoms with van der Waals surface area (Å²) in [4.78, 5) is 34.4. The third-order valence-electron chi connectivity index (χ3n) is 8.41. The van der Waals surface area contributed by atoms with Gasteiger partial charge < -0.3 is 24.4 Å². The minimum absolute atomic E-state index is 0.0645. The number of pyridine rings is 1. The van der Waals surface area contributed by atoms with Crippen LogP contribution in [0.2, 0.25) is 0 Å². The monoisotopic (exact) mass is 594 g/mol. The van der Waals surface area contributed by atoms with E-state index in [1.165, 1.54) is 6.07 Å². The first-order valence-corrected chi connectivity index (χ1v) is 14.2. The molecule has 2 aliphatic rings. The maximum atomic E-state index is 14.1. The number of nitrogens with zero attached hydrogens (tertiary/aromatic N) is 5. The molecule has 2 aromatic heterocycles. The Labute approximate surface area is 247 Å². The number of carbonyl (C=O) groups excluding carboxylic acids is 2. The number of anilines is 1. The predicted octanol–water partition coefficient (Wildman–Crippen LogP) is 4.86. The lowest BCUT2D eigenvalue weighted by Crippen LogP contribution is -2.54. The number of aryl methyl sites for hydroxylation is 1. The van der Waals surface area contributed by atoms with Gasteiger partial charge in [-0.25, -0.2) is 4.79 Å². The number of likely N-dealkylation sites (tertiary alicyclic amines) is 1. The first-order valence-electron chi connectivity index (χ1n) is 14.2. The summed E-state index contributed by atoms with van der Waals surface area (Å²) in [5.74, 6) is -0.191. The van der Waals surface area contributed by atoms with Crippen LogP contribution in [0, 0.1) is 11.3 Å². The van der Waals surface area contributed by atoms with Crippen LogP contribution in [-0.2, 0) is 28.2 Å². The van der Waals surface area contributed by atoms with Crippen molar-refractivity contribution in [3.05, 3.63) is 71.5 Å². The molecule has 2 amide bonds. The van der Waals surface area contributed by atoms with Crippen molar-refractivity contribution >= 4 is 17.7 Å². The molecular weight excluding hydrogens is 561 g/mol. The highest BCUT2D eigenvalue weighted by Gasteiger charge is 2.45. The summed E-state index contributed by atoms with van der Waals surface area (Å²) in [6, 6.07) is 12.5. The van der Waals surface area contributed by atoms with Gasteiger partial charge in [-0.05, 0) is 68.1 Å². The first kappa shape index (κ1) is 29.9. The van der Waals surface area contributed by atoms with Gasteiger partial charge in [0.05, 0.1) is 40.2 Å². The van der Waals surface area contributed by atoms with E-state index < -0.39 is 23.2 Å². The van der Waals surface area contributed by atoms with Crippen LogP contribution in [-0.4, -0.2) is 65.3 Å². The molecule has 1 N–H and O–H groups in total. The molecule has 0 unspecified atom stereocenters. The molecule has 226 valence electrons. The Morgan fingerprint density at radius 3 is 2.53 bits per heavy atom. The summed E-state index contributed by atoms with van der Waals surface area (Å²) >= 11 is 0. The van der Waals surface area contributed by atoms with Crippen molar-refractivity contribution in [2.24, 2.45) is 7.05 Å². The maximum Gasteiger partial charge on any atom is 0.416 e. The summed E-state index contributed by atoms with van der Waals surface area (Å²) < 4.78 is 46.9. The highest BCUT2D eigenvalue weighted by molar-refractivity contribution is 5.89. The Hall–Kier alpha value is -4.53. The van der Waals surface area contributed by atoms with Crippen molar-refractivity contribution in [1.82, 2.24) is 19.8 Å². The number of hydrogen-bond acceptors (Lipinski definition) is 6. The molecule has 43 heavy (non-hydrogen) atoms. The zero-order chi connectivity index (χ0) is 30.8. The quantitative estimate of drug-likeness (QED) is 0.437. The molecule has 0 radical (unpaired) electrons. The number of nitrogens with one attached hydrogen (secondary N) is 1. The topological polar surface area (TPSA) is 103 Å². The molecule has 0 aliphatic carbocycles. The van der Waals surface area contributed by atoms with E-state index in [4.69, 9.17) is 4.74 Å². The number of alkyl halides is 3. The maximum absolute atomic E-state index is 14.1. The number of hydrogen-bond donors (Lipinski definition) is 1. The fourth-order valence-corrected chi connectivity index (χ4v) is 5.99. The van der Waals surface area contributed by atoms with Gasteiger partial charge in [0.15, 0.2) is 0 Å². The van der Waals surface area contributed by atoms with Crippen molar-refractivity contribution in [2.45, 2.75) is 43.8 Å². The van der Waals surface area contributed by atoms with Gasteiger partial charge in [-0.3, -0.25) is 9.78 Å². The zero-order valence-corrected chi connectivity index (χ0v) is 24.0. The third-order valence-corrected chi connectivity index (χ3v) is 8.41. The Morgan fingerprint density at radius 1 is 1.16 bits per heavy atom. The van der Waals surface area contributed by atoms with Crippen LogP contribution in [0.1, 0.15) is 42.9 Å². The van der Waals surface area contributed by atoms with Crippen LogP contribution in [0.5, 0.6) is 0 Å². The van der Waals surface area contributed by atoms with Crippen molar-refractivity contribution in [3.63, 3.8) is 0 Å². The van der Waals surface area contributed by atoms with E-state index in [9.17, 15) is 28.0 Å². The van der Waals surface area contributed by atoms with Crippen molar-refractivity contribution in [1.29, 1.82) is 5.26 Å². The van der Waals surface area contributed by atoms with Gasteiger partial charge in [-0.2, -0.15) is 18.4 Å². The fourth-order valence-electron chi connectivity index (χ4n) is 5.99. The molecule has 0 bridgehead atoms. The smallest absolute Gasteiger partial charge is 0.416 e. The zero-order valence-electron chi connectivity index (χ0n) is 24.0. The molecule has 12 heteroatoms. The molecule has 9 nitrogen and oxygen atoms in total. The summed E-state index contributed by atoms with van der Waals surface area (Å²) in [5.41, 5.74) is 0.913. The largest absolute Gasteiger partial charge is 0.450 e. The van der Waals surface area contributed by atoms with E-state index >= 15 is 0 Å². The molecule has 4 heterocycles. The minimum Gasteiger partial charge on any atom is -0.450 e. The number of rotatable bonds is 6. The second kappa shape index (κ2) is 12.0. The number of carbonyl (C=O) groups is 2. The van der Waals surface area contributed by atoms with Gasteiger partial charge in [-0.1, -0.05) is 6.07 Å². The predicted molar refractivity (Wildman–Crippen MR) is 153 cm³/mol. The molecule has 5 rings (SSSR count). The second-order valence-corrected chi connectivity index (χ2v) is 11.0. The molecule has 3 aromatic rings. The van der Waals surface area contributed by atoms with Gasteiger partial charge in [0.2, 0.25) is 5.91 Å². The highest BCUT2D eigenvalue weighted by Crippen LogP contribution is 2.40. The Kier molecular flexibility index (Phi) is 8.35. The first-order chi connectivity index (χ1) is 20.6. The van der Waals surface area contributed by atoms with E-state index in [1.54, 1.807) is 18.0 Å². The standard InChI is InChI=1S/C31H33F3N6O3/c1-3-43-29(42)40-14-10-24(20-40)37-28(41)30(23-6-8-25(36-19-23)27-5-4-13-38(27)2)11-15-39(16-12-30)26-9-7-22(31(32,33)34)17-21(26)18-35/h4-9,13,17,19,24H,3,10-12,14-16,20H2,1-2H3,(H,37,41)/t24-/m0/s1. The Balaban J connectivity index is 1.40. The van der Waals surface area contributed by atoms with Crippen molar-refractivity contribution < 1.29 is 27.5 Å². The van der Waals surface area contributed by atoms with Crippen molar-refractivity contribution in [2.75, 3.05) is 37.7 Å². The Morgan fingerprint density at radius 2 is 1.93 bits per heavy atom. The fraction of sp³-hybridized carbons (Fsp3) is 0.419. The van der Waals surface area contributed by atoms with Crippen LogP contribution in [0.15, 0.2) is 54.9 Å². The second-order valence-electron chi connectivity index (χ2n) is 11.0. The molecule has 2 fully saturated rings. The lowest BCUT2D eigenvalue weighted by Gasteiger charge is -2.42. The lowest BCUT2D eigenvalue weighted by molar-refractivity contribution is -0.137. The van der Waals surface area contributed by atoms with Crippen molar-refractivity contribution in [3.8, 4) is 17.5 Å². The van der Waals surface area contributed by atoms with Crippen LogP contribution in [0.25, 0.3) is 11.4 Å². The highest BCUT2D eigenvalue weighted by atomic mass is 19.4. The summed E-state index contributed by atoms with van der Waals surface area (Å²) in [6.07, 6.45) is -0.0273. The normalized spacial score (nSPS) is 18.3. The van der Waals surface area contributed by atoms with Gasteiger partial charge in [0.25, 0.3) is 0 Å². The van der Waals surface area contributed by atoms with E-state index in [-0.39, 0.29) is 24.1 Å². The minimum atomic E-state index is -4.55. The molecule has 0 spiro atoms. The summed E-state index contributed by atoms with van der Waals surface area (Å²) in [7, 11) is 1.92. The SMILES string of the molecule is CCOC(=O)N1CC[C@H](NC(=O)C2(c3ccc(-c4cccn4C)nc3)CCN(c3ccc(C(F)(F)F)cc3C#N)CC2)C1. The molecule has 2 aliphatic heterocycles. The number of amides is 2.